The Labute approximate surface area is 271 Å². The zero-order valence-corrected chi connectivity index (χ0v) is 25.6. The van der Waals surface area contributed by atoms with Crippen LogP contribution in [0.2, 0.25) is 0 Å². The third-order valence-corrected chi connectivity index (χ3v) is 9.81. The molecule has 0 unspecified atom stereocenters. The highest BCUT2D eigenvalue weighted by Crippen LogP contribution is 2.45. The largest absolute Gasteiger partial charge is 0.456 e. The van der Waals surface area contributed by atoms with Gasteiger partial charge >= 0.3 is 0 Å². The molecule has 10 rings (SSSR count). The third-order valence-electron chi connectivity index (χ3n) is 9.81. The zero-order valence-electron chi connectivity index (χ0n) is 25.6. The number of benzene rings is 9. The first-order chi connectivity index (χ1) is 23.3. The van der Waals surface area contributed by atoms with Crippen molar-refractivity contribution in [3.05, 3.63) is 170 Å². The van der Waals surface area contributed by atoms with E-state index in [0.29, 0.717) is 0 Å². The minimum Gasteiger partial charge on any atom is -0.456 e. The van der Waals surface area contributed by atoms with Crippen LogP contribution in [0.3, 0.4) is 0 Å². The molecule has 0 spiro atoms. The van der Waals surface area contributed by atoms with Crippen LogP contribution in [0.15, 0.2) is 174 Å². The minimum atomic E-state index is 0.889. The number of hydrogen-bond donors (Lipinski definition) is 0. The van der Waals surface area contributed by atoms with Crippen LogP contribution in [0.5, 0.6) is 0 Å². The summed E-state index contributed by atoms with van der Waals surface area (Å²) in [6, 6.07) is 61.5. The second-order valence-corrected chi connectivity index (χ2v) is 12.5. The van der Waals surface area contributed by atoms with E-state index in [2.05, 4.69) is 170 Å². The molecule has 1 aromatic heterocycles. The summed E-state index contributed by atoms with van der Waals surface area (Å²) in [5.74, 6) is 0.889. The topological polar surface area (TPSA) is 13.1 Å². The summed E-state index contributed by atoms with van der Waals surface area (Å²) in [6.45, 7) is 0. The second kappa shape index (κ2) is 10.2. The van der Waals surface area contributed by atoms with Crippen LogP contribution in [0.25, 0.3) is 98.4 Å². The van der Waals surface area contributed by atoms with Crippen molar-refractivity contribution in [1.82, 2.24) is 0 Å². The number of furan rings is 1. The first-order valence-corrected chi connectivity index (χ1v) is 16.2. The van der Waals surface area contributed by atoms with Crippen LogP contribution in [0.4, 0.5) is 0 Å². The van der Waals surface area contributed by atoms with Crippen molar-refractivity contribution in [1.29, 1.82) is 0 Å². The molecule has 9 aromatic carbocycles. The Morgan fingerprint density at radius 2 is 0.787 bits per heavy atom. The molecule has 218 valence electrons. The molecule has 0 amide bonds. The quantitative estimate of drug-likeness (QED) is 0.146. The number of rotatable bonds is 3. The van der Waals surface area contributed by atoms with Crippen LogP contribution in [0, 0.1) is 0 Å². The Bertz CT molecular complexity index is 2800. The smallest absolute Gasteiger partial charge is 0.136 e. The van der Waals surface area contributed by atoms with Crippen LogP contribution in [-0.4, -0.2) is 0 Å². The van der Waals surface area contributed by atoms with Gasteiger partial charge in [-0.3, -0.25) is 0 Å². The summed E-state index contributed by atoms with van der Waals surface area (Å²) < 4.78 is 6.59. The van der Waals surface area contributed by atoms with Gasteiger partial charge in [-0.25, -0.2) is 0 Å². The molecule has 1 nitrogen and oxygen atoms in total. The van der Waals surface area contributed by atoms with Gasteiger partial charge in [0.05, 0.1) is 0 Å². The van der Waals surface area contributed by atoms with E-state index in [9.17, 15) is 0 Å². The normalized spacial score (nSPS) is 11.8. The van der Waals surface area contributed by atoms with E-state index in [-0.39, 0.29) is 0 Å². The number of hydrogen-bond acceptors (Lipinski definition) is 1. The third kappa shape index (κ3) is 4.03. The summed E-state index contributed by atoms with van der Waals surface area (Å²) in [5, 5.41) is 13.5. The summed E-state index contributed by atoms with van der Waals surface area (Å²) in [5.41, 5.74) is 6.96. The highest BCUT2D eigenvalue weighted by molar-refractivity contribution is 6.22. The van der Waals surface area contributed by atoms with Gasteiger partial charge in [0.2, 0.25) is 0 Å². The second-order valence-electron chi connectivity index (χ2n) is 12.5. The van der Waals surface area contributed by atoms with E-state index >= 15 is 0 Å². The first-order valence-electron chi connectivity index (χ1n) is 16.2. The van der Waals surface area contributed by atoms with Gasteiger partial charge in [-0.2, -0.15) is 0 Å². The lowest BCUT2D eigenvalue weighted by Gasteiger charge is -2.18. The maximum atomic E-state index is 6.59. The fraction of sp³-hybridized carbons (Fsp3) is 0. The van der Waals surface area contributed by atoms with E-state index in [1.807, 2.05) is 0 Å². The predicted octanol–water partition coefficient (Wildman–Crippen LogP) is 13.2. The average molecular weight is 597 g/mol. The Kier molecular flexibility index (Phi) is 5.64. The average Bonchev–Trinajstić information content (AvgIpc) is 3.57. The summed E-state index contributed by atoms with van der Waals surface area (Å²) in [4.78, 5) is 0. The van der Waals surface area contributed by atoms with Crippen molar-refractivity contribution >= 4 is 64.8 Å². The standard InChI is InChI=1S/C46H28O/c1-2-12-30-25-32(22-21-29(30)11-1)45-38-17-7-9-19-40(38)46(41-20-10-8-18-39(41)45)33-23-24-43-34(26-33)28-44(47-43)42-27-31-13-3-4-14-35(31)36-15-5-6-16-37(36)42/h1-28H. The van der Waals surface area contributed by atoms with Crippen LogP contribution >= 0.6 is 0 Å². The van der Waals surface area contributed by atoms with Crippen molar-refractivity contribution in [3.63, 3.8) is 0 Å². The van der Waals surface area contributed by atoms with Crippen LogP contribution in [-0.2, 0) is 0 Å². The van der Waals surface area contributed by atoms with Crippen LogP contribution < -0.4 is 0 Å². The Hall–Kier alpha value is -6.18. The Morgan fingerprint density at radius 1 is 0.298 bits per heavy atom. The SMILES string of the molecule is c1ccc2cc(-c3c4ccccc4c(-c4ccc5oc(-c6cc7ccccc7c7ccccc67)cc5c4)c4ccccc34)ccc2c1. The maximum absolute atomic E-state index is 6.59. The van der Waals surface area contributed by atoms with Crippen LogP contribution in [0.1, 0.15) is 0 Å². The lowest BCUT2D eigenvalue weighted by atomic mass is 9.85. The molecule has 0 N–H and O–H groups in total. The van der Waals surface area contributed by atoms with Gasteiger partial charge in [0.25, 0.3) is 0 Å². The zero-order chi connectivity index (χ0) is 30.9. The van der Waals surface area contributed by atoms with Gasteiger partial charge in [-0.05, 0) is 106 Å². The molecule has 0 radical (unpaired) electrons. The molecule has 0 aliphatic heterocycles. The molecule has 0 fully saturated rings. The van der Waals surface area contributed by atoms with Crippen molar-refractivity contribution < 1.29 is 4.42 Å². The summed E-state index contributed by atoms with van der Waals surface area (Å²) in [6.07, 6.45) is 0. The van der Waals surface area contributed by atoms with E-state index in [1.54, 1.807) is 0 Å². The molecule has 10 aromatic rings. The monoisotopic (exact) mass is 596 g/mol. The van der Waals surface area contributed by atoms with Gasteiger partial charge in [0.15, 0.2) is 0 Å². The van der Waals surface area contributed by atoms with Crippen molar-refractivity contribution in [3.8, 4) is 33.6 Å². The summed E-state index contributed by atoms with van der Waals surface area (Å²) in [7, 11) is 0. The molecule has 1 heterocycles. The maximum Gasteiger partial charge on any atom is 0.136 e. The molecule has 1 heteroatoms. The molecule has 0 saturated heterocycles. The molecule has 0 saturated carbocycles. The Balaban J connectivity index is 1.20. The van der Waals surface area contributed by atoms with Crippen molar-refractivity contribution in [2.24, 2.45) is 0 Å². The minimum absolute atomic E-state index is 0.889. The van der Waals surface area contributed by atoms with E-state index in [0.717, 1.165) is 22.3 Å². The van der Waals surface area contributed by atoms with Gasteiger partial charge in [0, 0.05) is 10.9 Å². The highest BCUT2D eigenvalue weighted by atomic mass is 16.3. The molecule has 0 aliphatic rings. The fourth-order valence-corrected chi connectivity index (χ4v) is 7.68. The Morgan fingerprint density at radius 3 is 1.45 bits per heavy atom. The lowest BCUT2D eigenvalue weighted by Crippen LogP contribution is -1.90. The molecular formula is C46H28O. The molecule has 0 aliphatic carbocycles. The molecule has 0 bridgehead atoms. The molecule has 47 heavy (non-hydrogen) atoms. The van der Waals surface area contributed by atoms with E-state index < -0.39 is 0 Å². The predicted molar refractivity (Wildman–Crippen MR) is 200 cm³/mol. The van der Waals surface area contributed by atoms with E-state index in [4.69, 9.17) is 4.42 Å². The molecule has 0 atom stereocenters. The van der Waals surface area contributed by atoms with Gasteiger partial charge in [-0.1, -0.05) is 140 Å². The van der Waals surface area contributed by atoms with Gasteiger partial charge < -0.3 is 4.42 Å². The van der Waals surface area contributed by atoms with Gasteiger partial charge in [-0.15, -0.1) is 0 Å². The first kappa shape index (κ1) is 26.1. The fourth-order valence-electron chi connectivity index (χ4n) is 7.68. The molecular weight excluding hydrogens is 569 g/mol. The number of fused-ring (bicyclic) bond motifs is 7. The van der Waals surface area contributed by atoms with Crippen molar-refractivity contribution in [2.45, 2.75) is 0 Å². The lowest BCUT2D eigenvalue weighted by molar-refractivity contribution is 0.632. The van der Waals surface area contributed by atoms with Gasteiger partial charge in [0.1, 0.15) is 11.3 Å². The van der Waals surface area contributed by atoms with E-state index in [1.165, 1.54) is 76.1 Å². The van der Waals surface area contributed by atoms with Crippen molar-refractivity contribution in [2.75, 3.05) is 0 Å². The summed E-state index contributed by atoms with van der Waals surface area (Å²) >= 11 is 0. The highest BCUT2D eigenvalue weighted by Gasteiger charge is 2.18.